The maximum Gasteiger partial charge on any atom is 0.338 e. The molecule has 0 unspecified atom stereocenters. The largest absolute Gasteiger partial charge is 0.455 e. The molecule has 27 heavy (non-hydrogen) atoms. The topological polar surface area (TPSA) is 97.4 Å². The fourth-order valence-corrected chi connectivity index (χ4v) is 4.71. The molecule has 11 heteroatoms. The molecule has 0 amide bonds. The van der Waals surface area contributed by atoms with Gasteiger partial charge in [-0.25, -0.2) is 13.2 Å². The van der Waals surface area contributed by atoms with Crippen molar-refractivity contribution in [3.05, 3.63) is 0 Å². The number of rotatable bonds is 10. The summed E-state index contributed by atoms with van der Waals surface area (Å²) in [7, 11) is -7.29. The third-order valence-electron chi connectivity index (χ3n) is 3.48. The van der Waals surface area contributed by atoms with Crippen molar-refractivity contribution in [3.63, 3.8) is 0 Å². The predicted molar refractivity (Wildman–Crippen MR) is 107 cm³/mol. The molecule has 0 saturated carbocycles. The molecule has 4 atom stereocenters. The molecule has 0 spiro atoms. The molecule has 8 nitrogen and oxygen atoms in total. The van der Waals surface area contributed by atoms with Gasteiger partial charge in [0.2, 0.25) is 0 Å². The molecule has 1 fully saturated rings. The smallest absolute Gasteiger partial charge is 0.338 e. The van der Waals surface area contributed by atoms with Gasteiger partial charge in [0.15, 0.2) is 38.7 Å². The molecule has 1 heterocycles. The van der Waals surface area contributed by atoms with Crippen molar-refractivity contribution < 1.29 is 36.3 Å². The normalized spacial score (nSPS) is 27.5. The van der Waals surface area contributed by atoms with Gasteiger partial charge in [-0.3, -0.25) is 0 Å². The fourth-order valence-electron chi connectivity index (χ4n) is 2.55. The first-order chi connectivity index (χ1) is 12.1. The average Bonchev–Trinajstić information content (AvgIpc) is 2.44. The number of sulfone groups is 1. The Hall–Kier alpha value is -0.306. The second kappa shape index (κ2) is 9.46. The Morgan fingerprint density at radius 1 is 1.00 bits per heavy atom. The summed E-state index contributed by atoms with van der Waals surface area (Å²) in [5.74, 6) is -1.25. The fraction of sp³-hybridized carbons (Fsp3) is 0.938. The van der Waals surface area contributed by atoms with E-state index in [-0.39, 0.29) is 6.61 Å². The molecule has 1 aliphatic heterocycles. The SMILES string of the molecule is CCO[C@H]1[C@H](O[Si](C)(C)C)[C@@H](CO[Si](C)(C)C)OC(=O)[C@@H]1OCS(C)(=O)=O. The van der Waals surface area contributed by atoms with E-state index in [1.807, 2.05) is 39.3 Å². The van der Waals surface area contributed by atoms with E-state index in [1.54, 1.807) is 6.92 Å². The van der Waals surface area contributed by atoms with Crippen LogP contribution in [0, 0.1) is 0 Å². The predicted octanol–water partition coefficient (Wildman–Crippen LogP) is 1.78. The quantitative estimate of drug-likeness (QED) is 0.373. The summed E-state index contributed by atoms with van der Waals surface area (Å²) >= 11 is 0. The molecule has 0 N–H and O–H groups in total. The number of ether oxygens (including phenoxy) is 3. The number of hydrogen-bond donors (Lipinski definition) is 0. The average molecular weight is 443 g/mol. The standard InChI is InChI=1S/C16H34O8SSi2/c1-9-20-14-13(24-27(6,7)8)12(10-22-26(3,4)5)23-16(17)15(14)21-11-25(2,18)19/h12-15H,9-11H2,1-8H3/t12-,13-,14+,15-/m1/s1. The van der Waals surface area contributed by atoms with E-state index < -0.39 is 62.8 Å². The van der Waals surface area contributed by atoms with Crippen molar-refractivity contribution in [2.75, 3.05) is 25.4 Å². The second-order valence-electron chi connectivity index (χ2n) is 8.64. The summed E-state index contributed by atoms with van der Waals surface area (Å²) in [4.78, 5) is 12.5. The van der Waals surface area contributed by atoms with E-state index in [9.17, 15) is 13.2 Å². The van der Waals surface area contributed by atoms with Crippen molar-refractivity contribution in [2.45, 2.75) is 70.6 Å². The summed E-state index contributed by atoms with van der Waals surface area (Å²) in [5.41, 5.74) is 0. The van der Waals surface area contributed by atoms with Crippen LogP contribution < -0.4 is 0 Å². The minimum atomic E-state index is -3.42. The van der Waals surface area contributed by atoms with Gasteiger partial charge in [0.05, 0.1) is 6.61 Å². The molecule has 1 saturated heterocycles. The van der Waals surface area contributed by atoms with E-state index >= 15 is 0 Å². The lowest BCUT2D eigenvalue weighted by Gasteiger charge is -2.43. The lowest BCUT2D eigenvalue weighted by Crippen LogP contribution is -2.62. The Labute approximate surface area is 165 Å². The van der Waals surface area contributed by atoms with E-state index in [0.29, 0.717) is 6.61 Å². The van der Waals surface area contributed by atoms with Crippen LogP contribution >= 0.6 is 0 Å². The molecule has 0 radical (unpaired) electrons. The zero-order chi connectivity index (χ0) is 21.0. The molecular formula is C16H34O8SSi2. The number of esters is 1. The number of cyclic esters (lactones) is 1. The first-order valence-electron chi connectivity index (χ1n) is 9.06. The molecule has 0 bridgehead atoms. The molecule has 0 aromatic carbocycles. The Morgan fingerprint density at radius 3 is 2.04 bits per heavy atom. The maximum atomic E-state index is 12.5. The minimum absolute atomic E-state index is 0.207. The molecule has 0 aromatic heterocycles. The van der Waals surface area contributed by atoms with Crippen LogP contribution in [0.25, 0.3) is 0 Å². The van der Waals surface area contributed by atoms with Crippen LogP contribution in [-0.2, 0) is 37.7 Å². The van der Waals surface area contributed by atoms with Gasteiger partial charge in [-0.15, -0.1) is 0 Å². The van der Waals surface area contributed by atoms with Crippen molar-refractivity contribution >= 4 is 32.4 Å². The third-order valence-corrected chi connectivity index (χ3v) is 6.06. The van der Waals surface area contributed by atoms with Crippen LogP contribution in [-0.4, -0.2) is 80.8 Å². The number of carbonyl (C=O) groups is 1. The van der Waals surface area contributed by atoms with Crippen molar-refractivity contribution in [3.8, 4) is 0 Å². The summed E-state index contributed by atoms with van der Waals surface area (Å²) in [6, 6.07) is 0. The number of hydrogen-bond acceptors (Lipinski definition) is 8. The molecule has 160 valence electrons. The van der Waals surface area contributed by atoms with Crippen LogP contribution in [0.1, 0.15) is 6.92 Å². The molecule has 1 rings (SSSR count). The van der Waals surface area contributed by atoms with Crippen LogP contribution in [0.2, 0.25) is 39.3 Å². The Balaban J connectivity index is 3.12. The number of carbonyl (C=O) groups excluding carboxylic acids is 1. The highest BCUT2D eigenvalue weighted by molar-refractivity contribution is 7.90. The zero-order valence-corrected chi connectivity index (χ0v) is 20.4. The summed E-state index contributed by atoms with van der Waals surface area (Å²) < 4.78 is 51.9. The summed E-state index contributed by atoms with van der Waals surface area (Å²) in [6.45, 7) is 14.5. The Bertz CT molecular complexity index is 597. The highest BCUT2D eigenvalue weighted by Gasteiger charge is 2.50. The first-order valence-corrected chi connectivity index (χ1v) is 17.9. The van der Waals surface area contributed by atoms with E-state index in [0.717, 1.165) is 6.26 Å². The van der Waals surface area contributed by atoms with E-state index in [4.69, 9.17) is 23.1 Å². The van der Waals surface area contributed by atoms with E-state index in [1.165, 1.54) is 0 Å². The van der Waals surface area contributed by atoms with Gasteiger partial charge in [-0.2, -0.15) is 0 Å². The maximum absolute atomic E-state index is 12.5. The summed E-state index contributed by atoms with van der Waals surface area (Å²) in [6.07, 6.45) is -2.11. The van der Waals surface area contributed by atoms with Crippen LogP contribution in [0.5, 0.6) is 0 Å². The molecular weight excluding hydrogens is 408 g/mol. The highest BCUT2D eigenvalue weighted by Crippen LogP contribution is 2.28. The van der Waals surface area contributed by atoms with Gasteiger partial charge in [0.25, 0.3) is 0 Å². The highest BCUT2D eigenvalue weighted by atomic mass is 32.2. The van der Waals surface area contributed by atoms with Gasteiger partial charge < -0.3 is 23.1 Å². The van der Waals surface area contributed by atoms with Crippen molar-refractivity contribution in [2.24, 2.45) is 0 Å². The molecule has 0 aromatic rings. The molecule has 1 aliphatic rings. The van der Waals surface area contributed by atoms with Gasteiger partial charge in [0, 0.05) is 12.9 Å². The van der Waals surface area contributed by atoms with E-state index in [2.05, 4.69) is 0 Å². The Kier molecular flexibility index (Phi) is 8.67. The lowest BCUT2D eigenvalue weighted by atomic mass is 9.99. The van der Waals surface area contributed by atoms with Gasteiger partial charge in [0.1, 0.15) is 18.1 Å². The monoisotopic (exact) mass is 442 g/mol. The second-order valence-corrected chi connectivity index (χ2v) is 19.7. The zero-order valence-electron chi connectivity index (χ0n) is 17.6. The van der Waals surface area contributed by atoms with Gasteiger partial charge >= 0.3 is 5.97 Å². The molecule has 0 aliphatic carbocycles. The summed E-state index contributed by atoms with van der Waals surface area (Å²) in [5, 5.41) is 0. The van der Waals surface area contributed by atoms with Gasteiger partial charge in [-0.05, 0) is 46.2 Å². The minimum Gasteiger partial charge on any atom is -0.455 e. The Morgan fingerprint density at radius 2 is 1.59 bits per heavy atom. The van der Waals surface area contributed by atoms with Crippen molar-refractivity contribution in [1.29, 1.82) is 0 Å². The third kappa shape index (κ3) is 9.15. The lowest BCUT2D eigenvalue weighted by molar-refractivity contribution is -0.215. The van der Waals surface area contributed by atoms with Crippen LogP contribution in [0.15, 0.2) is 0 Å². The van der Waals surface area contributed by atoms with Crippen LogP contribution in [0.3, 0.4) is 0 Å². The van der Waals surface area contributed by atoms with Crippen LogP contribution in [0.4, 0.5) is 0 Å². The van der Waals surface area contributed by atoms with Crippen molar-refractivity contribution in [1.82, 2.24) is 0 Å². The van der Waals surface area contributed by atoms with Gasteiger partial charge in [-0.1, -0.05) is 0 Å². The first kappa shape index (κ1) is 24.7.